The maximum atomic E-state index is 12.3. The van der Waals surface area contributed by atoms with E-state index in [2.05, 4.69) is 42.8 Å². The van der Waals surface area contributed by atoms with Crippen LogP contribution >= 0.6 is 0 Å². The zero-order chi connectivity index (χ0) is 22.2. The van der Waals surface area contributed by atoms with Crippen molar-refractivity contribution in [3.05, 3.63) is 78.6 Å². The number of piperazine rings is 1. The van der Waals surface area contributed by atoms with Crippen LogP contribution in [0, 0.1) is 0 Å². The second kappa shape index (κ2) is 10.5. The molecule has 2 amide bonds. The van der Waals surface area contributed by atoms with Crippen molar-refractivity contribution in [2.75, 3.05) is 37.6 Å². The first-order valence-electron chi connectivity index (χ1n) is 10.7. The quantitative estimate of drug-likeness (QED) is 0.582. The summed E-state index contributed by atoms with van der Waals surface area (Å²) in [4.78, 5) is 37.5. The Morgan fingerprint density at radius 3 is 2.09 bits per heavy atom. The molecule has 4 rings (SSSR count). The number of rotatable bonds is 6. The SMILES string of the molecule is O=C(CCN1CCN(c2ccccc2)CC1)NNC(=O)c1cnc(-c2ccccc2)nc1. The summed E-state index contributed by atoms with van der Waals surface area (Å²) in [6.45, 7) is 4.32. The molecule has 1 saturated heterocycles. The summed E-state index contributed by atoms with van der Waals surface area (Å²) >= 11 is 0. The first-order valence-corrected chi connectivity index (χ1v) is 10.7. The van der Waals surface area contributed by atoms with E-state index in [4.69, 9.17) is 0 Å². The molecule has 0 atom stereocenters. The Bertz CT molecular complexity index is 1020. The highest BCUT2D eigenvalue weighted by Crippen LogP contribution is 2.15. The summed E-state index contributed by atoms with van der Waals surface area (Å²) < 4.78 is 0. The van der Waals surface area contributed by atoms with Crippen LogP contribution in [0.15, 0.2) is 73.1 Å². The maximum absolute atomic E-state index is 12.3. The summed E-state index contributed by atoms with van der Waals surface area (Å²) in [7, 11) is 0. The van der Waals surface area contributed by atoms with E-state index in [9.17, 15) is 9.59 Å². The fraction of sp³-hybridized carbons (Fsp3) is 0.250. The first-order chi connectivity index (χ1) is 15.7. The van der Waals surface area contributed by atoms with Crippen molar-refractivity contribution in [3.63, 3.8) is 0 Å². The lowest BCUT2D eigenvalue weighted by molar-refractivity contribution is -0.122. The second-order valence-electron chi connectivity index (χ2n) is 7.58. The Morgan fingerprint density at radius 1 is 0.812 bits per heavy atom. The molecule has 0 radical (unpaired) electrons. The number of benzene rings is 2. The topological polar surface area (TPSA) is 90.5 Å². The maximum Gasteiger partial charge on any atom is 0.272 e. The molecule has 2 heterocycles. The highest BCUT2D eigenvalue weighted by Gasteiger charge is 2.18. The van der Waals surface area contributed by atoms with Gasteiger partial charge in [-0.2, -0.15) is 0 Å². The lowest BCUT2D eigenvalue weighted by Gasteiger charge is -2.36. The van der Waals surface area contributed by atoms with E-state index in [0.717, 1.165) is 31.7 Å². The van der Waals surface area contributed by atoms with Gasteiger partial charge in [0, 0.05) is 62.8 Å². The van der Waals surface area contributed by atoms with Crippen LogP contribution in [0.1, 0.15) is 16.8 Å². The molecule has 0 spiro atoms. The van der Waals surface area contributed by atoms with Crippen LogP contribution in [0.2, 0.25) is 0 Å². The van der Waals surface area contributed by atoms with Crippen LogP contribution in [-0.4, -0.2) is 59.4 Å². The zero-order valence-corrected chi connectivity index (χ0v) is 17.8. The molecule has 0 unspecified atom stereocenters. The molecule has 0 saturated carbocycles. The largest absolute Gasteiger partial charge is 0.369 e. The number of carbonyl (C=O) groups excluding carboxylic acids is 2. The van der Waals surface area contributed by atoms with E-state index in [0.29, 0.717) is 18.8 Å². The van der Waals surface area contributed by atoms with Crippen molar-refractivity contribution in [1.82, 2.24) is 25.7 Å². The smallest absolute Gasteiger partial charge is 0.272 e. The average Bonchev–Trinajstić information content (AvgIpc) is 2.87. The molecule has 3 aromatic rings. The van der Waals surface area contributed by atoms with Gasteiger partial charge in [-0.25, -0.2) is 9.97 Å². The molecule has 1 fully saturated rings. The fourth-order valence-electron chi connectivity index (χ4n) is 3.57. The van der Waals surface area contributed by atoms with Gasteiger partial charge in [-0.3, -0.25) is 25.3 Å². The third-order valence-corrected chi connectivity index (χ3v) is 5.41. The van der Waals surface area contributed by atoms with Crippen LogP contribution in [0.5, 0.6) is 0 Å². The van der Waals surface area contributed by atoms with Crippen molar-refractivity contribution >= 4 is 17.5 Å². The standard InChI is InChI=1S/C24H26N6O2/c31-22(11-12-29-13-15-30(16-14-29)21-9-5-2-6-10-21)27-28-24(32)20-17-25-23(26-18-20)19-7-3-1-4-8-19/h1-10,17-18H,11-16H2,(H,27,31)(H,28,32). The van der Waals surface area contributed by atoms with Crippen molar-refractivity contribution < 1.29 is 9.59 Å². The average molecular weight is 431 g/mol. The number of hydrogen-bond acceptors (Lipinski definition) is 6. The predicted octanol–water partition coefficient (Wildman–Crippen LogP) is 2.12. The highest BCUT2D eigenvalue weighted by atomic mass is 16.2. The van der Waals surface area contributed by atoms with E-state index in [1.807, 2.05) is 48.5 Å². The van der Waals surface area contributed by atoms with Gasteiger partial charge in [0.05, 0.1) is 5.56 Å². The zero-order valence-electron chi connectivity index (χ0n) is 17.8. The third-order valence-electron chi connectivity index (χ3n) is 5.41. The van der Waals surface area contributed by atoms with Crippen molar-refractivity contribution in [3.8, 4) is 11.4 Å². The number of hydrazine groups is 1. The Morgan fingerprint density at radius 2 is 1.44 bits per heavy atom. The summed E-state index contributed by atoms with van der Waals surface area (Å²) in [5, 5.41) is 0. The predicted molar refractivity (Wildman–Crippen MR) is 123 cm³/mol. The summed E-state index contributed by atoms with van der Waals surface area (Å²) in [5.74, 6) is -0.140. The molecular formula is C24H26N6O2. The Hall–Kier alpha value is -3.78. The van der Waals surface area contributed by atoms with Crippen LogP contribution in [0.25, 0.3) is 11.4 Å². The second-order valence-corrected chi connectivity index (χ2v) is 7.58. The van der Waals surface area contributed by atoms with Crippen LogP contribution < -0.4 is 15.8 Å². The van der Waals surface area contributed by atoms with Gasteiger partial charge in [0.15, 0.2) is 5.82 Å². The molecule has 32 heavy (non-hydrogen) atoms. The molecule has 1 aliphatic heterocycles. The number of nitrogens with zero attached hydrogens (tertiary/aromatic N) is 4. The number of para-hydroxylation sites is 1. The van der Waals surface area contributed by atoms with Crippen LogP contribution in [0.3, 0.4) is 0 Å². The number of aromatic nitrogens is 2. The monoisotopic (exact) mass is 430 g/mol. The molecule has 0 bridgehead atoms. The number of carbonyl (C=O) groups is 2. The number of hydrogen-bond donors (Lipinski definition) is 2. The fourth-order valence-corrected chi connectivity index (χ4v) is 3.57. The molecule has 164 valence electrons. The Balaban J connectivity index is 1.17. The van der Waals surface area contributed by atoms with Gasteiger partial charge in [0.1, 0.15) is 0 Å². The van der Waals surface area contributed by atoms with E-state index >= 15 is 0 Å². The van der Waals surface area contributed by atoms with Gasteiger partial charge in [-0.1, -0.05) is 48.5 Å². The third kappa shape index (κ3) is 5.67. The van der Waals surface area contributed by atoms with Crippen molar-refractivity contribution in [2.24, 2.45) is 0 Å². The molecule has 2 aromatic carbocycles. The van der Waals surface area contributed by atoms with Gasteiger partial charge >= 0.3 is 0 Å². The minimum absolute atomic E-state index is 0.231. The van der Waals surface area contributed by atoms with Gasteiger partial charge in [0.25, 0.3) is 5.91 Å². The Kier molecular flexibility index (Phi) is 7.04. The van der Waals surface area contributed by atoms with Gasteiger partial charge in [-0.15, -0.1) is 0 Å². The molecule has 0 aliphatic carbocycles. The Labute approximate surface area is 187 Å². The molecule has 8 heteroatoms. The van der Waals surface area contributed by atoms with Crippen LogP contribution in [-0.2, 0) is 4.79 Å². The number of nitrogens with one attached hydrogen (secondary N) is 2. The minimum atomic E-state index is -0.450. The number of amides is 2. The normalized spacial score (nSPS) is 14.1. The highest BCUT2D eigenvalue weighted by molar-refractivity contribution is 5.94. The van der Waals surface area contributed by atoms with Crippen molar-refractivity contribution in [1.29, 1.82) is 0 Å². The first kappa shape index (κ1) is 21.5. The molecule has 1 aromatic heterocycles. The van der Waals surface area contributed by atoms with E-state index < -0.39 is 5.91 Å². The summed E-state index contributed by atoms with van der Waals surface area (Å²) in [6.07, 6.45) is 3.21. The lowest BCUT2D eigenvalue weighted by atomic mass is 10.2. The number of anilines is 1. The summed E-state index contributed by atoms with van der Waals surface area (Å²) in [6, 6.07) is 19.9. The van der Waals surface area contributed by atoms with Gasteiger partial charge < -0.3 is 4.90 Å². The molecule has 2 N–H and O–H groups in total. The lowest BCUT2D eigenvalue weighted by Crippen LogP contribution is -2.48. The molecular weight excluding hydrogens is 404 g/mol. The molecule has 8 nitrogen and oxygen atoms in total. The van der Waals surface area contributed by atoms with E-state index in [1.165, 1.54) is 18.1 Å². The van der Waals surface area contributed by atoms with Crippen LogP contribution in [0.4, 0.5) is 5.69 Å². The summed E-state index contributed by atoms with van der Waals surface area (Å²) in [5.41, 5.74) is 7.28. The van der Waals surface area contributed by atoms with Crippen molar-refractivity contribution in [2.45, 2.75) is 6.42 Å². The van der Waals surface area contributed by atoms with E-state index in [1.54, 1.807) is 0 Å². The van der Waals surface area contributed by atoms with Gasteiger partial charge in [-0.05, 0) is 12.1 Å². The minimum Gasteiger partial charge on any atom is -0.369 e. The molecule has 1 aliphatic rings. The van der Waals surface area contributed by atoms with Gasteiger partial charge in [0.2, 0.25) is 5.91 Å². The van der Waals surface area contributed by atoms with E-state index in [-0.39, 0.29) is 11.5 Å².